The number of aliphatic hydroxyl groups excluding tert-OH is 1. The maximum Gasteiger partial charge on any atom is 0.197 e. The van der Waals surface area contributed by atoms with Crippen molar-refractivity contribution < 1.29 is 5.11 Å². The summed E-state index contributed by atoms with van der Waals surface area (Å²) in [7, 11) is 1.85. The van der Waals surface area contributed by atoms with Crippen LogP contribution in [0.3, 0.4) is 0 Å². The second-order valence-corrected chi connectivity index (χ2v) is 6.54. The molecular weight excluding hydrogens is 324 g/mol. The zero-order valence-electron chi connectivity index (χ0n) is 13.2. The molecule has 1 N–H and O–H groups in total. The van der Waals surface area contributed by atoms with E-state index in [1.165, 1.54) is 17.3 Å². The van der Waals surface area contributed by atoms with Crippen LogP contribution < -0.4 is 0 Å². The third-order valence-electron chi connectivity index (χ3n) is 4.09. The maximum absolute atomic E-state index is 9.28. The number of nitrogens with zero attached hydrogens (tertiary/aromatic N) is 6. The van der Waals surface area contributed by atoms with Gasteiger partial charge in [0, 0.05) is 36.3 Å². The third-order valence-corrected chi connectivity index (χ3v) is 5.16. The Hall–Kier alpha value is -2.32. The second-order valence-electron chi connectivity index (χ2n) is 5.59. The van der Waals surface area contributed by atoms with Crippen LogP contribution in [0.4, 0.5) is 0 Å². The van der Waals surface area contributed by atoms with Crippen LogP contribution in [0.2, 0.25) is 0 Å². The van der Waals surface area contributed by atoms with Gasteiger partial charge in [-0.1, -0.05) is 0 Å². The molecule has 4 rings (SSSR count). The topological polar surface area (TPSA) is 89.6 Å². The van der Waals surface area contributed by atoms with Gasteiger partial charge in [0.15, 0.2) is 16.8 Å². The Morgan fingerprint density at radius 3 is 2.75 bits per heavy atom. The Labute approximate surface area is 143 Å². The van der Waals surface area contributed by atoms with E-state index in [0.29, 0.717) is 16.8 Å². The summed E-state index contributed by atoms with van der Waals surface area (Å²) in [5.41, 5.74) is 3.27. The molecule has 1 aliphatic carbocycles. The van der Waals surface area contributed by atoms with Crippen molar-refractivity contribution in [2.24, 2.45) is 7.05 Å². The minimum absolute atomic E-state index is 0.131. The lowest BCUT2D eigenvalue weighted by atomic mass is 10.2. The Bertz CT molecular complexity index is 880. The van der Waals surface area contributed by atoms with Crippen LogP contribution in [0.5, 0.6) is 0 Å². The summed E-state index contributed by atoms with van der Waals surface area (Å²) in [6.45, 7) is -0.131. The fraction of sp³-hybridized carbons (Fsp3) is 0.312. The third kappa shape index (κ3) is 2.67. The maximum atomic E-state index is 9.28. The molecule has 0 atom stereocenters. The predicted octanol–water partition coefficient (Wildman–Crippen LogP) is 1.80. The molecular formula is C16H16N6OS. The van der Waals surface area contributed by atoms with Gasteiger partial charge in [0.1, 0.15) is 11.6 Å². The first-order chi connectivity index (χ1) is 11.8. The Morgan fingerprint density at radius 1 is 1.17 bits per heavy atom. The van der Waals surface area contributed by atoms with Gasteiger partial charge < -0.3 is 9.67 Å². The molecule has 7 nitrogen and oxygen atoms in total. The van der Waals surface area contributed by atoms with Crippen LogP contribution >= 0.6 is 11.8 Å². The van der Waals surface area contributed by atoms with E-state index in [0.717, 1.165) is 35.5 Å². The normalized spacial score (nSPS) is 13.2. The first-order valence-electron chi connectivity index (χ1n) is 7.73. The van der Waals surface area contributed by atoms with Crippen molar-refractivity contribution in [2.75, 3.05) is 0 Å². The van der Waals surface area contributed by atoms with Crippen LogP contribution in [-0.4, -0.2) is 34.8 Å². The average Bonchev–Trinajstić information content (AvgIpc) is 3.23. The number of aryl methyl sites for hydroxylation is 1. The summed E-state index contributed by atoms with van der Waals surface area (Å²) in [5, 5.41) is 19.1. The van der Waals surface area contributed by atoms with E-state index in [-0.39, 0.29) is 6.61 Å². The van der Waals surface area contributed by atoms with Crippen LogP contribution in [-0.2, 0) is 26.5 Å². The summed E-state index contributed by atoms with van der Waals surface area (Å²) in [6.07, 6.45) is 6.55. The molecule has 0 saturated carbocycles. The molecule has 0 aromatic carbocycles. The van der Waals surface area contributed by atoms with E-state index in [1.54, 1.807) is 17.0 Å². The highest BCUT2D eigenvalue weighted by Gasteiger charge is 2.22. The van der Waals surface area contributed by atoms with Crippen molar-refractivity contribution >= 4 is 11.8 Å². The molecule has 3 aromatic rings. The molecule has 0 amide bonds. The van der Waals surface area contributed by atoms with Crippen LogP contribution in [0.15, 0.2) is 34.7 Å². The standard InChI is InChI=1S/C16H16N6OS/c1-22-13(9-23)20-21-16(22)24-15-11-3-2-4-12(11)18-14(19-15)10-5-7-17-8-6-10/h5-8,23H,2-4,9H2,1H3. The van der Waals surface area contributed by atoms with Crippen LogP contribution in [0.25, 0.3) is 11.4 Å². The van der Waals surface area contributed by atoms with E-state index in [9.17, 15) is 5.11 Å². The molecule has 3 heterocycles. The van der Waals surface area contributed by atoms with Crippen LogP contribution in [0, 0.1) is 0 Å². The number of pyridine rings is 1. The largest absolute Gasteiger partial charge is 0.388 e. The van der Waals surface area contributed by atoms with Gasteiger partial charge in [0.05, 0.1) is 0 Å². The molecule has 24 heavy (non-hydrogen) atoms. The Morgan fingerprint density at radius 2 is 2.00 bits per heavy atom. The van der Waals surface area contributed by atoms with Gasteiger partial charge in [-0.05, 0) is 43.2 Å². The number of aliphatic hydroxyl groups is 1. The lowest BCUT2D eigenvalue weighted by Gasteiger charge is -2.09. The van der Waals surface area contributed by atoms with Crippen molar-refractivity contribution in [3.05, 3.63) is 41.6 Å². The molecule has 0 aliphatic heterocycles. The monoisotopic (exact) mass is 340 g/mol. The smallest absolute Gasteiger partial charge is 0.197 e. The summed E-state index contributed by atoms with van der Waals surface area (Å²) < 4.78 is 1.79. The molecule has 3 aromatic heterocycles. The van der Waals surface area contributed by atoms with Crippen molar-refractivity contribution in [3.8, 4) is 11.4 Å². The molecule has 8 heteroatoms. The second kappa shape index (κ2) is 6.29. The summed E-state index contributed by atoms with van der Waals surface area (Å²) in [6, 6.07) is 3.83. The Kier molecular flexibility index (Phi) is 3.99. The SMILES string of the molecule is Cn1c(CO)nnc1Sc1nc(-c2ccncc2)nc2c1CCC2. The van der Waals surface area contributed by atoms with Crippen LogP contribution in [0.1, 0.15) is 23.5 Å². The lowest BCUT2D eigenvalue weighted by Crippen LogP contribution is -2.02. The quantitative estimate of drug-likeness (QED) is 0.724. The number of aromatic nitrogens is 6. The zero-order chi connectivity index (χ0) is 16.5. The highest BCUT2D eigenvalue weighted by molar-refractivity contribution is 7.99. The molecule has 0 fully saturated rings. The van der Waals surface area contributed by atoms with Gasteiger partial charge in [-0.15, -0.1) is 10.2 Å². The first-order valence-corrected chi connectivity index (χ1v) is 8.55. The van der Waals surface area contributed by atoms with Gasteiger partial charge in [0.2, 0.25) is 0 Å². The lowest BCUT2D eigenvalue weighted by molar-refractivity contribution is 0.266. The van der Waals surface area contributed by atoms with E-state index in [2.05, 4.69) is 15.2 Å². The van der Waals surface area contributed by atoms with Gasteiger partial charge in [-0.25, -0.2) is 9.97 Å². The minimum Gasteiger partial charge on any atom is -0.388 e. The highest BCUT2D eigenvalue weighted by Crippen LogP contribution is 2.34. The molecule has 1 aliphatic rings. The number of rotatable bonds is 4. The van der Waals surface area contributed by atoms with Crippen molar-refractivity contribution in [2.45, 2.75) is 36.1 Å². The number of fused-ring (bicyclic) bond motifs is 1. The molecule has 0 unspecified atom stereocenters. The van der Waals surface area contributed by atoms with Crippen molar-refractivity contribution in [1.82, 2.24) is 29.7 Å². The molecule has 0 bridgehead atoms. The van der Waals surface area contributed by atoms with Gasteiger partial charge in [-0.2, -0.15) is 0 Å². The van der Waals surface area contributed by atoms with E-state index in [1.807, 2.05) is 19.2 Å². The van der Waals surface area contributed by atoms with Gasteiger partial charge in [0.25, 0.3) is 0 Å². The summed E-state index contributed by atoms with van der Waals surface area (Å²) in [4.78, 5) is 13.6. The number of hydrogen-bond donors (Lipinski definition) is 1. The predicted molar refractivity (Wildman–Crippen MR) is 88.3 cm³/mol. The Balaban J connectivity index is 1.77. The van der Waals surface area contributed by atoms with Gasteiger partial charge >= 0.3 is 0 Å². The van der Waals surface area contributed by atoms with E-state index >= 15 is 0 Å². The van der Waals surface area contributed by atoms with Gasteiger partial charge in [-0.3, -0.25) is 4.98 Å². The number of hydrogen-bond acceptors (Lipinski definition) is 7. The zero-order valence-corrected chi connectivity index (χ0v) is 14.0. The first kappa shape index (κ1) is 15.2. The molecule has 0 spiro atoms. The van der Waals surface area contributed by atoms with E-state index in [4.69, 9.17) is 9.97 Å². The average molecular weight is 340 g/mol. The molecule has 0 saturated heterocycles. The summed E-state index contributed by atoms with van der Waals surface area (Å²) >= 11 is 1.48. The fourth-order valence-electron chi connectivity index (χ4n) is 2.77. The molecule has 122 valence electrons. The summed E-state index contributed by atoms with van der Waals surface area (Å²) in [5.74, 6) is 1.25. The molecule has 0 radical (unpaired) electrons. The van der Waals surface area contributed by atoms with E-state index < -0.39 is 0 Å². The van der Waals surface area contributed by atoms with Crippen molar-refractivity contribution in [1.29, 1.82) is 0 Å². The highest BCUT2D eigenvalue weighted by atomic mass is 32.2. The minimum atomic E-state index is -0.131. The fourth-order valence-corrected chi connectivity index (χ4v) is 3.74. The van der Waals surface area contributed by atoms with Crippen molar-refractivity contribution in [3.63, 3.8) is 0 Å².